The molecule has 1 aliphatic heterocycles. The Morgan fingerprint density at radius 3 is 1.88 bits per heavy atom. The summed E-state index contributed by atoms with van der Waals surface area (Å²) >= 11 is 0. The molecule has 6 heteroatoms. The Balaban J connectivity index is 1.69. The van der Waals surface area contributed by atoms with Crippen LogP contribution in [-0.2, 0) is 10.1 Å². The summed E-state index contributed by atoms with van der Waals surface area (Å²) in [4.78, 5) is -0.252. The van der Waals surface area contributed by atoms with Crippen molar-refractivity contribution >= 4 is 10.1 Å². The van der Waals surface area contributed by atoms with E-state index in [0.29, 0.717) is 23.3 Å². The van der Waals surface area contributed by atoms with E-state index in [1.54, 1.807) is 6.07 Å². The van der Waals surface area contributed by atoms with E-state index in [1.165, 1.54) is 50.7 Å². The van der Waals surface area contributed by atoms with Gasteiger partial charge in [0.25, 0.3) is 5.79 Å². The third-order valence-corrected chi connectivity index (χ3v) is 6.92. The first kappa shape index (κ1) is 17.2. The van der Waals surface area contributed by atoms with E-state index in [1.807, 2.05) is 0 Å². The molecule has 0 atom stereocenters. The Kier molecular flexibility index (Phi) is 4.44. The van der Waals surface area contributed by atoms with E-state index in [2.05, 4.69) is 0 Å². The maximum absolute atomic E-state index is 11.3. The molecule has 0 radical (unpaired) electrons. The molecule has 0 aromatic heterocycles. The lowest BCUT2D eigenvalue weighted by Gasteiger charge is -2.44. The highest BCUT2D eigenvalue weighted by Gasteiger charge is 2.54. The van der Waals surface area contributed by atoms with E-state index in [4.69, 9.17) is 9.47 Å². The van der Waals surface area contributed by atoms with Gasteiger partial charge >= 0.3 is 0 Å². The van der Waals surface area contributed by atoms with Crippen LogP contribution in [0, 0.1) is 11.8 Å². The number of hydrogen-bond donors (Lipinski definition) is 0. The lowest BCUT2D eigenvalue weighted by molar-refractivity contribution is -0.183. The van der Waals surface area contributed by atoms with Gasteiger partial charge in [0.15, 0.2) is 11.5 Å². The highest BCUT2D eigenvalue weighted by atomic mass is 32.2. The summed E-state index contributed by atoms with van der Waals surface area (Å²) in [5.74, 6) is 0.943. The summed E-state index contributed by atoms with van der Waals surface area (Å²) in [7, 11) is -4.50. The fourth-order valence-corrected chi connectivity index (χ4v) is 5.34. The van der Waals surface area contributed by atoms with E-state index in [0.717, 1.165) is 25.7 Å². The average Bonchev–Trinajstić information content (AvgIpc) is 3.02. The zero-order valence-corrected chi connectivity index (χ0v) is 15.2. The molecule has 1 aromatic carbocycles. The molecule has 5 nitrogen and oxygen atoms in total. The topological polar surface area (TPSA) is 75.7 Å². The van der Waals surface area contributed by atoms with Crippen LogP contribution in [0.3, 0.4) is 0 Å². The maximum Gasteiger partial charge on any atom is 0.257 e. The predicted molar refractivity (Wildman–Crippen MR) is 91.5 cm³/mol. The van der Waals surface area contributed by atoms with E-state index in [-0.39, 0.29) is 4.90 Å². The van der Waals surface area contributed by atoms with Crippen molar-refractivity contribution in [2.45, 2.75) is 74.9 Å². The molecule has 1 heterocycles. The Labute approximate surface area is 149 Å². The van der Waals surface area contributed by atoms with Crippen LogP contribution >= 0.6 is 0 Å². The molecule has 2 saturated carbocycles. The smallest absolute Gasteiger partial charge is 0.257 e. The number of benzene rings is 1. The molecule has 0 unspecified atom stereocenters. The molecule has 2 aliphatic carbocycles. The van der Waals surface area contributed by atoms with Crippen LogP contribution in [0.1, 0.15) is 64.2 Å². The Morgan fingerprint density at radius 2 is 1.36 bits per heavy atom. The zero-order chi connectivity index (χ0) is 17.5. The van der Waals surface area contributed by atoms with Crippen molar-refractivity contribution in [2.24, 2.45) is 11.8 Å². The molecule has 2 fully saturated rings. The van der Waals surface area contributed by atoms with Gasteiger partial charge in [-0.25, -0.2) is 8.42 Å². The van der Waals surface area contributed by atoms with Gasteiger partial charge in [0.1, 0.15) is 10.1 Å². The minimum absolute atomic E-state index is 0.252. The molecule has 0 N–H and O–H groups in total. The zero-order valence-electron chi connectivity index (χ0n) is 14.4. The van der Waals surface area contributed by atoms with Crippen LogP contribution in [0.5, 0.6) is 11.5 Å². The van der Waals surface area contributed by atoms with E-state index < -0.39 is 15.9 Å². The van der Waals surface area contributed by atoms with Crippen LogP contribution in [0.25, 0.3) is 0 Å². The molecule has 3 aliphatic rings. The summed E-state index contributed by atoms with van der Waals surface area (Å²) in [5, 5.41) is 0. The average molecular weight is 365 g/mol. The highest BCUT2D eigenvalue weighted by molar-refractivity contribution is 7.85. The van der Waals surface area contributed by atoms with Gasteiger partial charge < -0.3 is 14.0 Å². The second-order valence-corrected chi connectivity index (χ2v) is 9.04. The lowest BCUT2D eigenvalue weighted by atomic mass is 9.72. The molecular formula is C19H25O5S-. The largest absolute Gasteiger partial charge is 0.744 e. The second-order valence-electron chi connectivity index (χ2n) is 7.66. The van der Waals surface area contributed by atoms with Gasteiger partial charge in [-0.05, 0) is 37.8 Å². The summed E-state index contributed by atoms with van der Waals surface area (Å²) in [6, 6.07) is 4.24. The Bertz CT molecular complexity index is 712. The standard InChI is InChI=1S/C19H26O5S/c20-25(21,22)16-11-12-17-18(13-16)24-19(23-17,14-7-3-1-4-8-14)15-9-5-2-6-10-15/h11-15H,1-10H2,(H,20,21,22)/p-1. The van der Waals surface area contributed by atoms with Crippen LogP contribution in [0.2, 0.25) is 0 Å². The van der Waals surface area contributed by atoms with E-state index in [9.17, 15) is 13.0 Å². The fourth-order valence-electron chi connectivity index (χ4n) is 4.85. The monoisotopic (exact) mass is 365 g/mol. The molecule has 0 amide bonds. The number of rotatable bonds is 3. The molecule has 0 spiro atoms. The van der Waals surface area contributed by atoms with Crippen molar-refractivity contribution in [2.75, 3.05) is 0 Å². The highest BCUT2D eigenvalue weighted by Crippen LogP contribution is 2.52. The second kappa shape index (κ2) is 6.47. The van der Waals surface area contributed by atoms with Gasteiger partial charge in [-0.3, -0.25) is 0 Å². The van der Waals surface area contributed by atoms with Crippen LogP contribution in [0.4, 0.5) is 0 Å². The first-order chi connectivity index (χ1) is 12.0. The van der Waals surface area contributed by atoms with Crippen molar-refractivity contribution in [1.82, 2.24) is 0 Å². The number of hydrogen-bond acceptors (Lipinski definition) is 5. The first-order valence-corrected chi connectivity index (χ1v) is 10.9. The van der Waals surface area contributed by atoms with Gasteiger partial charge in [-0.15, -0.1) is 0 Å². The molecule has 0 saturated heterocycles. The maximum atomic E-state index is 11.3. The van der Waals surface area contributed by atoms with Gasteiger partial charge in [0.05, 0.1) is 4.90 Å². The number of fused-ring (bicyclic) bond motifs is 1. The van der Waals surface area contributed by atoms with Crippen LogP contribution < -0.4 is 9.47 Å². The summed E-state index contributed by atoms with van der Waals surface area (Å²) < 4.78 is 46.8. The first-order valence-electron chi connectivity index (χ1n) is 9.47. The lowest BCUT2D eigenvalue weighted by Crippen LogP contribution is -2.53. The summed E-state index contributed by atoms with van der Waals surface area (Å²) in [5.41, 5.74) is 0. The normalized spacial score (nSPS) is 24.4. The third-order valence-electron chi connectivity index (χ3n) is 6.09. The molecule has 25 heavy (non-hydrogen) atoms. The summed E-state index contributed by atoms with van der Waals surface area (Å²) in [6.45, 7) is 0. The SMILES string of the molecule is O=S(=O)([O-])c1ccc2c(c1)OC(C1CCCCC1)(C1CCCCC1)O2. The Hall–Kier alpha value is -1.27. The molecule has 4 rings (SSSR count). The third kappa shape index (κ3) is 3.14. The fraction of sp³-hybridized carbons (Fsp3) is 0.684. The van der Waals surface area contributed by atoms with Gasteiger partial charge in [-0.2, -0.15) is 0 Å². The van der Waals surface area contributed by atoms with E-state index >= 15 is 0 Å². The van der Waals surface area contributed by atoms with Gasteiger partial charge in [-0.1, -0.05) is 38.5 Å². The molecule has 0 bridgehead atoms. The quantitative estimate of drug-likeness (QED) is 0.750. The minimum atomic E-state index is -4.50. The molecular weight excluding hydrogens is 340 g/mol. The van der Waals surface area contributed by atoms with Crippen molar-refractivity contribution in [3.8, 4) is 11.5 Å². The summed E-state index contributed by atoms with van der Waals surface area (Å²) in [6.07, 6.45) is 11.6. The van der Waals surface area contributed by atoms with Crippen LogP contribution in [-0.4, -0.2) is 18.8 Å². The predicted octanol–water partition coefficient (Wildman–Crippen LogP) is 4.22. The van der Waals surface area contributed by atoms with Crippen molar-refractivity contribution in [3.63, 3.8) is 0 Å². The van der Waals surface area contributed by atoms with Crippen LogP contribution in [0.15, 0.2) is 23.1 Å². The van der Waals surface area contributed by atoms with Crippen molar-refractivity contribution in [1.29, 1.82) is 0 Å². The van der Waals surface area contributed by atoms with Gasteiger partial charge in [0, 0.05) is 17.9 Å². The minimum Gasteiger partial charge on any atom is -0.744 e. The van der Waals surface area contributed by atoms with Gasteiger partial charge in [0.2, 0.25) is 0 Å². The Morgan fingerprint density at radius 1 is 0.840 bits per heavy atom. The van der Waals surface area contributed by atoms with Crippen molar-refractivity contribution < 1.29 is 22.4 Å². The molecule has 138 valence electrons. The number of ether oxygens (including phenoxy) is 2. The molecule has 1 aromatic rings. The van der Waals surface area contributed by atoms with Crippen molar-refractivity contribution in [3.05, 3.63) is 18.2 Å².